The largest absolute Gasteiger partial charge is 0.497 e. The van der Waals surface area contributed by atoms with Crippen LogP contribution >= 0.6 is 0 Å². The van der Waals surface area contributed by atoms with Crippen LogP contribution in [0.3, 0.4) is 0 Å². The van der Waals surface area contributed by atoms with Gasteiger partial charge < -0.3 is 18.6 Å². The summed E-state index contributed by atoms with van der Waals surface area (Å²) in [5, 5.41) is 11.2. The lowest BCUT2D eigenvalue weighted by molar-refractivity contribution is -0.461. The van der Waals surface area contributed by atoms with Gasteiger partial charge in [-0.1, -0.05) is 65.0 Å². The van der Waals surface area contributed by atoms with E-state index in [2.05, 4.69) is 5.32 Å². The van der Waals surface area contributed by atoms with Gasteiger partial charge in [0.25, 0.3) is 5.91 Å². The molecule has 0 aliphatic carbocycles. The fraction of sp³-hybridized carbons (Fsp3) is 0.561. The first-order valence-electron chi connectivity index (χ1n) is 19.9. The molecule has 2 rings (SSSR count). The van der Waals surface area contributed by atoms with Crippen LogP contribution in [0.2, 0.25) is 17.1 Å². The van der Waals surface area contributed by atoms with E-state index in [9.17, 15) is 75.4 Å². The third kappa shape index (κ3) is 12.5. The highest BCUT2D eigenvalue weighted by Crippen LogP contribution is 2.64. The smallest absolute Gasteiger partial charge is 0.460 e. The maximum absolute atomic E-state index is 15.0. The van der Waals surface area contributed by atoms with Crippen LogP contribution in [0, 0.1) is 5.92 Å². The predicted octanol–water partition coefficient (Wildman–Crippen LogP) is 13.2. The van der Waals surface area contributed by atoms with Gasteiger partial charge in [-0.3, -0.25) is 15.3 Å². The Bertz CT molecular complexity index is 2010. The molecular weight excluding hydrogens is 984 g/mol. The van der Waals surface area contributed by atoms with E-state index < -0.39 is 117 Å². The lowest BCUT2D eigenvalue weighted by Gasteiger charge is -2.44. The fourth-order valence-electron chi connectivity index (χ4n) is 6.63. The molecule has 0 saturated carbocycles. The number of benzene rings is 2. The number of amides is 2. The third-order valence-electron chi connectivity index (χ3n) is 10.7. The molecule has 0 saturated heterocycles. The van der Waals surface area contributed by atoms with Gasteiger partial charge in [0.1, 0.15) is 24.2 Å². The Morgan fingerprint density at radius 1 is 0.662 bits per heavy atom. The molecule has 0 unspecified atom stereocenters. The van der Waals surface area contributed by atoms with Crippen molar-refractivity contribution in [3.05, 3.63) is 78.4 Å². The average molecular weight is 1030 g/mol. The van der Waals surface area contributed by atoms with Gasteiger partial charge in [-0.2, -0.15) is 74.6 Å². The molecule has 9 nitrogen and oxygen atoms in total. The van der Waals surface area contributed by atoms with Crippen molar-refractivity contribution >= 4 is 26.0 Å². The SMILES string of the molecule is COc1ccc(NC(=O)O[C@@H](c2ccc(OCCO[Si](CCC(F)(F)C(F)(F)C(F)(F)C(F)(F)C(F)(F)C(F)(F)C(F)(F)C(F)(F)F)(C(C)C)C(C)C)cc2)[C@@H](C)C/C=C/C=C/C(=O)NO)cc1. The number of hydrogen-bond acceptors (Lipinski definition) is 7. The summed E-state index contributed by atoms with van der Waals surface area (Å²) in [5.74, 6) is -57.5. The standard InChI is InChI=1S/C41H47F17N2O7Si/c1-24(2)68(25(3)4,23-20-34(42,43)35(44,45)36(46,47)37(48,49)38(50,51)39(52,53)40(54,55)41(56,57)58)66-22-21-65-30-16-12-27(13-17-30)32(26(5)10-8-7-9-11-31(61)60-63)67-33(62)59-28-14-18-29(64-6)19-15-28/h7-9,11-19,24-26,32,63H,10,20-23H2,1-6H3,(H,59,62)(H,60,61)/b8-7+,11-9+/t26-,32+/m0/s1. The number of ether oxygens (including phenoxy) is 3. The minimum Gasteiger partial charge on any atom is -0.497 e. The van der Waals surface area contributed by atoms with E-state index in [1.54, 1.807) is 37.3 Å². The molecule has 2 atom stereocenters. The van der Waals surface area contributed by atoms with Crippen molar-refractivity contribution in [3.63, 3.8) is 0 Å². The molecule has 68 heavy (non-hydrogen) atoms. The minimum atomic E-state index is -8.71. The quantitative estimate of drug-likeness (QED) is 0.0173. The molecule has 2 aromatic rings. The Hall–Kier alpha value is -4.79. The van der Waals surface area contributed by atoms with Crippen molar-refractivity contribution in [2.45, 2.75) is 118 Å². The Labute approximate surface area is 379 Å². The van der Waals surface area contributed by atoms with Crippen LogP contribution in [0.15, 0.2) is 72.8 Å². The highest BCUT2D eigenvalue weighted by atomic mass is 28.4. The molecule has 0 bridgehead atoms. The molecule has 0 aromatic heterocycles. The zero-order valence-electron chi connectivity index (χ0n) is 36.6. The maximum atomic E-state index is 15.0. The average Bonchev–Trinajstić information content (AvgIpc) is 3.24. The lowest BCUT2D eigenvalue weighted by atomic mass is 9.88. The van der Waals surface area contributed by atoms with Crippen molar-refractivity contribution in [3.8, 4) is 11.5 Å². The van der Waals surface area contributed by atoms with Crippen molar-refractivity contribution in [2.24, 2.45) is 5.92 Å². The van der Waals surface area contributed by atoms with Crippen LogP contribution in [0.4, 0.5) is 85.1 Å². The highest BCUT2D eigenvalue weighted by Gasteiger charge is 2.95. The van der Waals surface area contributed by atoms with Crippen LogP contribution in [-0.2, 0) is 14.0 Å². The zero-order chi connectivity index (χ0) is 52.5. The van der Waals surface area contributed by atoms with E-state index in [0.717, 1.165) is 6.08 Å². The maximum Gasteiger partial charge on any atom is 0.460 e. The number of allylic oxidation sites excluding steroid dienone is 3. The van der Waals surface area contributed by atoms with Crippen molar-refractivity contribution in [1.82, 2.24) is 5.48 Å². The number of nitrogens with one attached hydrogen (secondary N) is 2. The monoisotopic (exact) mass is 1030 g/mol. The normalized spacial score (nSPS) is 15.0. The molecule has 0 aliphatic rings. The molecule has 0 spiro atoms. The van der Waals surface area contributed by atoms with E-state index >= 15 is 8.78 Å². The Balaban J connectivity index is 2.30. The number of anilines is 1. The summed E-state index contributed by atoms with van der Waals surface area (Å²) in [4.78, 5) is 24.2. The number of carbonyl (C=O) groups is 2. The van der Waals surface area contributed by atoms with Gasteiger partial charge in [0, 0.05) is 24.1 Å². The molecule has 27 heteroatoms. The summed E-state index contributed by atoms with van der Waals surface area (Å²) in [5.41, 5.74) is 0.411. The molecule has 386 valence electrons. The number of methoxy groups -OCH3 is 1. The van der Waals surface area contributed by atoms with E-state index in [-0.39, 0.29) is 12.2 Å². The first-order valence-corrected chi connectivity index (χ1v) is 22.2. The van der Waals surface area contributed by atoms with Gasteiger partial charge in [-0.25, -0.2) is 10.3 Å². The molecular formula is C41H47F17N2O7Si. The lowest BCUT2D eigenvalue weighted by Crippen LogP contribution is -2.74. The van der Waals surface area contributed by atoms with E-state index in [1.807, 2.05) is 0 Å². The highest BCUT2D eigenvalue weighted by molar-refractivity contribution is 6.76. The summed E-state index contributed by atoms with van der Waals surface area (Å²) in [7, 11) is -2.58. The number of hydrogen-bond donors (Lipinski definition) is 3. The molecule has 2 aromatic carbocycles. The van der Waals surface area contributed by atoms with E-state index in [4.69, 9.17) is 23.8 Å². The zero-order valence-corrected chi connectivity index (χ0v) is 37.6. The molecule has 0 fully saturated rings. The number of rotatable bonds is 25. The summed E-state index contributed by atoms with van der Waals surface area (Å²) < 4.78 is 258. The minimum absolute atomic E-state index is 0.115. The van der Waals surface area contributed by atoms with Crippen molar-refractivity contribution in [2.75, 3.05) is 25.6 Å². The molecule has 3 N–H and O–H groups in total. The Morgan fingerprint density at radius 2 is 1.15 bits per heavy atom. The number of halogens is 17. The second kappa shape index (κ2) is 22.3. The van der Waals surface area contributed by atoms with Crippen LogP contribution in [-0.4, -0.2) is 93.5 Å². The Kier molecular flexibility index (Phi) is 19.5. The van der Waals surface area contributed by atoms with Crippen molar-refractivity contribution in [1.29, 1.82) is 0 Å². The van der Waals surface area contributed by atoms with Crippen LogP contribution in [0.5, 0.6) is 11.5 Å². The fourth-order valence-corrected chi connectivity index (χ4v) is 11.1. The number of carbonyl (C=O) groups excluding carboxylic acids is 2. The Morgan fingerprint density at radius 3 is 1.62 bits per heavy atom. The number of alkyl halides is 17. The van der Waals surface area contributed by atoms with Gasteiger partial charge in [0.2, 0.25) is 0 Å². The molecule has 0 aliphatic heterocycles. The first-order chi connectivity index (χ1) is 31.0. The predicted molar refractivity (Wildman–Crippen MR) is 212 cm³/mol. The topological polar surface area (TPSA) is 115 Å². The van der Waals surface area contributed by atoms with Crippen LogP contribution < -0.4 is 20.3 Å². The second-order valence-corrected chi connectivity index (χ2v) is 20.8. The third-order valence-corrected chi connectivity index (χ3v) is 16.4. The summed E-state index contributed by atoms with van der Waals surface area (Å²) in [6.45, 7) is 6.01. The van der Waals surface area contributed by atoms with Crippen LogP contribution in [0.25, 0.3) is 0 Å². The first kappa shape index (κ1) is 59.3. The van der Waals surface area contributed by atoms with E-state index in [0.29, 0.717) is 17.0 Å². The molecule has 0 radical (unpaired) electrons. The molecule has 2 amide bonds. The van der Waals surface area contributed by atoms with Gasteiger partial charge in [0.15, 0.2) is 8.32 Å². The summed E-state index contributed by atoms with van der Waals surface area (Å²) in [6.07, 6.45) is -6.43. The van der Waals surface area contributed by atoms with Gasteiger partial charge in [-0.05, 0) is 65.5 Å². The second-order valence-electron chi connectivity index (χ2n) is 15.8. The van der Waals surface area contributed by atoms with Gasteiger partial charge in [0.05, 0.1) is 13.7 Å². The molecule has 0 heterocycles. The van der Waals surface area contributed by atoms with E-state index in [1.165, 1.54) is 76.7 Å². The van der Waals surface area contributed by atoms with Gasteiger partial charge >= 0.3 is 53.7 Å². The summed E-state index contributed by atoms with van der Waals surface area (Å²) in [6, 6.07) is 10.7. The summed E-state index contributed by atoms with van der Waals surface area (Å²) >= 11 is 0. The number of hydroxylamine groups is 1. The van der Waals surface area contributed by atoms with Gasteiger partial charge in [-0.15, -0.1) is 0 Å². The van der Waals surface area contributed by atoms with Crippen molar-refractivity contribution < 1.29 is 108 Å². The van der Waals surface area contributed by atoms with Crippen LogP contribution in [0.1, 0.15) is 59.1 Å².